The first kappa shape index (κ1) is 8.89. The molecule has 1 fully saturated rings. The third-order valence-corrected chi connectivity index (χ3v) is 1.49. The van der Waals surface area contributed by atoms with Crippen molar-refractivity contribution in [3.63, 3.8) is 0 Å². The number of β-amino-alcohol motifs (C(OH)–C–C–N with tert-alkyl or cyclic N) is 2. The zero-order valence-corrected chi connectivity index (χ0v) is 6.18. The predicted molar refractivity (Wildman–Crippen MR) is 36.6 cm³/mol. The van der Waals surface area contributed by atoms with E-state index in [9.17, 15) is 0 Å². The molecule has 0 saturated carbocycles. The number of hydrogen-bond acceptors (Lipinski definition) is 5. The van der Waals surface area contributed by atoms with Crippen LogP contribution < -0.4 is 0 Å². The van der Waals surface area contributed by atoms with Crippen molar-refractivity contribution in [2.45, 2.75) is 12.2 Å². The third-order valence-electron chi connectivity index (χ3n) is 1.49. The van der Waals surface area contributed by atoms with Gasteiger partial charge in [0.25, 0.3) is 0 Å². The SMILES string of the molecule is OCC(O)CN1CC(O)CO1. The van der Waals surface area contributed by atoms with Gasteiger partial charge in [0.1, 0.15) is 0 Å². The Morgan fingerprint density at radius 3 is 2.82 bits per heavy atom. The molecule has 0 spiro atoms. The highest BCUT2D eigenvalue weighted by Gasteiger charge is 2.22. The van der Waals surface area contributed by atoms with E-state index in [1.54, 1.807) is 0 Å². The number of hydroxylamine groups is 2. The fourth-order valence-electron chi connectivity index (χ4n) is 0.952. The maximum atomic E-state index is 8.97. The molecule has 2 atom stereocenters. The Bertz CT molecular complexity index is 121. The molecule has 2 unspecified atom stereocenters. The summed E-state index contributed by atoms with van der Waals surface area (Å²) < 4.78 is 0. The second-order valence-electron chi connectivity index (χ2n) is 2.63. The number of aliphatic hydroxyl groups is 3. The quantitative estimate of drug-likeness (QED) is 0.446. The largest absolute Gasteiger partial charge is 0.394 e. The molecule has 1 heterocycles. The van der Waals surface area contributed by atoms with Gasteiger partial charge in [-0.25, -0.2) is 0 Å². The molecule has 0 aromatic heterocycles. The summed E-state index contributed by atoms with van der Waals surface area (Å²) >= 11 is 0. The van der Waals surface area contributed by atoms with Crippen LogP contribution in [0.25, 0.3) is 0 Å². The number of hydrogen-bond donors (Lipinski definition) is 3. The molecule has 0 aromatic rings. The van der Waals surface area contributed by atoms with Gasteiger partial charge in [0.2, 0.25) is 0 Å². The minimum Gasteiger partial charge on any atom is -0.394 e. The molecule has 1 aliphatic rings. The molecule has 5 heteroatoms. The van der Waals surface area contributed by atoms with Crippen molar-refractivity contribution in [3.8, 4) is 0 Å². The fraction of sp³-hybridized carbons (Fsp3) is 1.00. The third kappa shape index (κ3) is 2.72. The molecule has 66 valence electrons. The van der Waals surface area contributed by atoms with Gasteiger partial charge in [-0.1, -0.05) is 0 Å². The second-order valence-corrected chi connectivity index (χ2v) is 2.63. The summed E-state index contributed by atoms with van der Waals surface area (Å²) in [6.45, 7) is 0.638. The van der Waals surface area contributed by atoms with Crippen molar-refractivity contribution in [2.24, 2.45) is 0 Å². The van der Waals surface area contributed by atoms with Crippen molar-refractivity contribution in [2.75, 3.05) is 26.3 Å². The van der Waals surface area contributed by atoms with Crippen LogP contribution >= 0.6 is 0 Å². The Kier molecular flexibility index (Phi) is 3.22. The summed E-state index contributed by atoms with van der Waals surface area (Å²) in [4.78, 5) is 4.95. The lowest BCUT2D eigenvalue weighted by molar-refractivity contribution is -0.132. The van der Waals surface area contributed by atoms with Crippen LogP contribution in [0.2, 0.25) is 0 Å². The first-order valence-corrected chi connectivity index (χ1v) is 3.57. The van der Waals surface area contributed by atoms with Gasteiger partial charge in [-0.3, -0.25) is 4.84 Å². The second kappa shape index (κ2) is 3.99. The highest BCUT2D eigenvalue weighted by molar-refractivity contribution is 4.66. The standard InChI is InChI=1S/C6H13NO4/c8-3-5(9)1-7-2-6(10)4-11-7/h5-6,8-10H,1-4H2. The molecule has 1 rings (SSSR count). The van der Waals surface area contributed by atoms with Gasteiger partial charge in [-0.15, -0.1) is 0 Å². The van der Waals surface area contributed by atoms with E-state index in [0.717, 1.165) is 0 Å². The summed E-state index contributed by atoms with van der Waals surface area (Å²) in [5.41, 5.74) is 0. The van der Waals surface area contributed by atoms with Crippen LogP contribution in [0.5, 0.6) is 0 Å². The first-order valence-electron chi connectivity index (χ1n) is 3.57. The van der Waals surface area contributed by atoms with Crippen molar-refractivity contribution < 1.29 is 20.2 Å². The van der Waals surface area contributed by atoms with Gasteiger partial charge in [0.05, 0.1) is 38.5 Å². The van der Waals surface area contributed by atoms with Crippen LogP contribution in [-0.2, 0) is 4.84 Å². The Morgan fingerprint density at radius 2 is 2.36 bits per heavy atom. The van der Waals surface area contributed by atoms with Gasteiger partial charge in [-0.2, -0.15) is 5.06 Å². The highest BCUT2D eigenvalue weighted by Crippen LogP contribution is 2.05. The van der Waals surface area contributed by atoms with Gasteiger partial charge >= 0.3 is 0 Å². The van der Waals surface area contributed by atoms with Crippen molar-refractivity contribution in [1.82, 2.24) is 5.06 Å². The lowest BCUT2D eigenvalue weighted by Crippen LogP contribution is -2.32. The van der Waals surface area contributed by atoms with Gasteiger partial charge in [0.15, 0.2) is 0 Å². The Balaban J connectivity index is 2.17. The van der Waals surface area contributed by atoms with E-state index in [-0.39, 0.29) is 19.8 Å². The number of nitrogens with zero attached hydrogens (tertiary/aromatic N) is 1. The van der Waals surface area contributed by atoms with Crippen molar-refractivity contribution in [1.29, 1.82) is 0 Å². The Hall–Kier alpha value is -0.200. The van der Waals surface area contributed by atoms with Crippen molar-refractivity contribution >= 4 is 0 Å². The lowest BCUT2D eigenvalue weighted by Gasteiger charge is -2.15. The topological polar surface area (TPSA) is 73.2 Å². The average molecular weight is 163 g/mol. The molecule has 1 saturated heterocycles. The molecule has 0 bridgehead atoms. The zero-order valence-electron chi connectivity index (χ0n) is 6.18. The summed E-state index contributed by atoms with van der Waals surface area (Å²) in [5, 5.41) is 27.8. The molecular weight excluding hydrogens is 150 g/mol. The van der Waals surface area contributed by atoms with E-state index in [2.05, 4.69) is 0 Å². The smallest absolute Gasteiger partial charge is 0.0958 e. The summed E-state index contributed by atoms with van der Waals surface area (Å²) in [6, 6.07) is 0. The minimum atomic E-state index is -0.791. The predicted octanol–water partition coefficient (Wildman–Crippen LogP) is -2.05. The maximum Gasteiger partial charge on any atom is 0.0958 e. The van der Waals surface area contributed by atoms with E-state index in [1.807, 2.05) is 0 Å². The average Bonchev–Trinajstić information content (AvgIpc) is 2.35. The first-order chi connectivity index (χ1) is 5.22. The van der Waals surface area contributed by atoms with E-state index in [4.69, 9.17) is 20.2 Å². The normalized spacial score (nSPS) is 29.2. The van der Waals surface area contributed by atoms with E-state index in [0.29, 0.717) is 6.54 Å². The molecule has 0 radical (unpaired) electrons. The summed E-state index contributed by atoms with van der Waals surface area (Å²) in [7, 11) is 0. The maximum absolute atomic E-state index is 8.97. The summed E-state index contributed by atoms with van der Waals surface area (Å²) in [5.74, 6) is 0. The van der Waals surface area contributed by atoms with Crippen LogP contribution in [0.15, 0.2) is 0 Å². The van der Waals surface area contributed by atoms with Crippen LogP contribution in [0.3, 0.4) is 0 Å². The molecule has 0 aromatic carbocycles. The highest BCUT2D eigenvalue weighted by atomic mass is 16.7. The lowest BCUT2D eigenvalue weighted by atomic mass is 10.3. The molecule has 5 nitrogen and oxygen atoms in total. The van der Waals surface area contributed by atoms with E-state index >= 15 is 0 Å². The van der Waals surface area contributed by atoms with Gasteiger partial charge in [-0.05, 0) is 0 Å². The van der Waals surface area contributed by atoms with Crippen molar-refractivity contribution in [3.05, 3.63) is 0 Å². The summed E-state index contributed by atoms with van der Waals surface area (Å²) in [6.07, 6.45) is -1.26. The minimum absolute atomic E-state index is 0.244. The monoisotopic (exact) mass is 163 g/mol. The molecular formula is C6H13NO4. The van der Waals surface area contributed by atoms with E-state index < -0.39 is 12.2 Å². The van der Waals surface area contributed by atoms with E-state index in [1.165, 1.54) is 5.06 Å². The molecule has 11 heavy (non-hydrogen) atoms. The molecule has 3 N–H and O–H groups in total. The Labute approximate surface area is 64.8 Å². The van der Waals surface area contributed by atoms with Crippen LogP contribution in [0.4, 0.5) is 0 Å². The molecule has 0 aliphatic carbocycles. The van der Waals surface area contributed by atoms with Gasteiger partial charge < -0.3 is 15.3 Å². The Morgan fingerprint density at radius 1 is 1.64 bits per heavy atom. The molecule has 1 aliphatic heterocycles. The molecule has 0 amide bonds. The zero-order chi connectivity index (χ0) is 8.27. The van der Waals surface area contributed by atoms with Crippen LogP contribution in [0.1, 0.15) is 0 Å². The number of rotatable bonds is 3. The van der Waals surface area contributed by atoms with Crippen LogP contribution in [-0.4, -0.2) is 58.9 Å². The fourth-order valence-corrected chi connectivity index (χ4v) is 0.952. The van der Waals surface area contributed by atoms with Gasteiger partial charge in [0, 0.05) is 0 Å². The number of aliphatic hydroxyl groups excluding tert-OH is 3. The van der Waals surface area contributed by atoms with Crippen LogP contribution in [0, 0.1) is 0 Å².